The van der Waals surface area contributed by atoms with Crippen LogP contribution in [0.25, 0.3) is 0 Å². The van der Waals surface area contributed by atoms with Crippen molar-refractivity contribution in [3.05, 3.63) is 22.5 Å². The van der Waals surface area contributed by atoms with E-state index in [0.29, 0.717) is 18.9 Å². The molecule has 0 radical (unpaired) electrons. The third-order valence-electron chi connectivity index (χ3n) is 3.39. The SMILES string of the molecule is CC1CCCN(C(=O)CCn2cc([N+](=O)[O-])cn2)C1. The summed E-state index contributed by atoms with van der Waals surface area (Å²) in [5.74, 6) is 0.660. The molecule has 0 N–H and O–H groups in total. The summed E-state index contributed by atoms with van der Waals surface area (Å²) in [5.41, 5.74) is -0.0426. The number of likely N-dealkylation sites (tertiary alicyclic amines) is 1. The highest BCUT2D eigenvalue weighted by atomic mass is 16.6. The molecule has 1 unspecified atom stereocenters. The number of hydrogen-bond acceptors (Lipinski definition) is 4. The van der Waals surface area contributed by atoms with E-state index in [1.54, 1.807) is 0 Å². The Morgan fingerprint density at radius 1 is 1.63 bits per heavy atom. The minimum atomic E-state index is -0.488. The molecule has 1 aromatic rings. The van der Waals surface area contributed by atoms with Crippen LogP contribution in [-0.2, 0) is 11.3 Å². The van der Waals surface area contributed by atoms with E-state index in [2.05, 4.69) is 12.0 Å². The minimum absolute atomic E-state index is 0.0426. The summed E-state index contributed by atoms with van der Waals surface area (Å²) in [5, 5.41) is 14.4. The van der Waals surface area contributed by atoms with Crippen LogP contribution in [0.4, 0.5) is 5.69 Å². The van der Waals surface area contributed by atoms with Crippen molar-refractivity contribution in [1.82, 2.24) is 14.7 Å². The van der Waals surface area contributed by atoms with E-state index >= 15 is 0 Å². The zero-order chi connectivity index (χ0) is 13.8. The Labute approximate surface area is 111 Å². The van der Waals surface area contributed by atoms with Gasteiger partial charge in [0.15, 0.2) is 0 Å². The summed E-state index contributed by atoms with van der Waals surface area (Å²) >= 11 is 0. The van der Waals surface area contributed by atoms with E-state index in [9.17, 15) is 14.9 Å². The Morgan fingerprint density at radius 2 is 2.42 bits per heavy atom. The molecule has 0 aliphatic carbocycles. The Kier molecular flexibility index (Phi) is 4.13. The van der Waals surface area contributed by atoms with Crippen LogP contribution in [0.3, 0.4) is 0 Å². The number of carbonyl (C=O) groups excluding carboxylic acids is 1. The molecular weight excluding hydrogens is 248 g/mol. The number of aromatic nitrogens is 2. The summed E-state index contributed by atoms with van der Waals surface area (Å²) < 4.78 is 1.45. The number of carbonyl (C=O) groups is 1. The third-order valence-corrected chi connectivity index (χ3v) is 3.39. The monoisotopic (exact) mass is 266 g/mol. The van der Waals surface area contributed by atoms with Gasteiger partial charge in [-0.1, -0.05) is 6.92 Å². The van der Waals surface area contributed by atoms with E-state index in [0.717, 1.165) is 19.5 Å². The summed E-state index contributed by atoms with van der Waals surface area (Å²) in [6.45, 7) is 4.17. The van der Waals surface area contributed by atoms with Gasteiger partial charge in [0.2, 0.25) is 5.91 Å². The van der Waals surface area contributed by atoms with Crippen LogP contribution in [0, 0.1) is 16.0 Å². The van der Waals surface area contributed by atoms with E-state index in [-0.39, 0.29) is 11.6 Å². The molecule has 1 aliphatic rings. The fraction of sp³-hybridized carbons (Fsp3) is 0.667. The molecule has 2 rings (SSSR count). The Balaban J connectivity index is 1.84. The van der Waals surface area contributed by atoms with Crippen molar-refractivity contribution in [3.8, 4) is 0 Å². The van der Waals surface area contributed by atoms with E-state index in [1.807, 2.05) is 4.90 Å². The number of rotatable bonds is 4. The molecule has 0 aromatic carbocycles. The maximum atomic E-state index is 12.0. The van der Waals surface area contributed by atoms with Gasteiger partial charge in [-0.2, -0.15) is 5.10 Å². The number of hydrogen-bond donors (Lipinski definition) is 0. The van der Waals surface area contributed by atoms with E-state index in [4.69, 9.17) is 0 Å². The summed E-state index contributed by atoms with van der Waals surface area (Å²) in [6, 6.07) is 0. The molecule has 1 saturated heterocycles. The normalized spacial score (nSPS) is 19.4. The van der Waals surface area contributed by atoms with Gasteiger partial charge in [-0.05, 0) is 18.8 Å². The maximum absolute atomic E-state index is 12.0. The molecule has 104 valence electrons. The average molecular weight is 266 g/mol. The quantitative estimate of drug-likeness (QED) is 0.610. The molecule has 0 saturated carbocycles. The van der Waals surface area contributed by atoms with Crippen LogP contribution in [0.5, 0.6) is 0 Å². The molecule has 1 atom stereocenters. The van der Waals surface area contributed by atoms with Crippen LogP contribution in [0.1, 0.15) is 26.2 Å². The van der Waals surface area contributed by atoms with Gasteiger partial charge in [-0.15, -0.1) is 0 Å². The lowest BCUT2D eigenvalue weighted by Crippen LogP contribution is -2.39. The number of piperidine rings is 1. The van der Waals surface area contributed by atoms with Crippen LogP contribution in [0.15, 0.2) is 12.4 Å². The van der Waals surface area contributed by atoms with Crippen LogP contribution < -0.4 is 0 Å². The van der Waals surface area contributed by atoms with Crippen LogP contribution >= 0.6 is 0 Å². The summed E-state index contributed by atoms with van der Waals surface area (Å²) in [7, 11) is 0. The predicted molar refractivity (Wildman–Crippen MR) is 68.5 cm³/mol. The lowest BCUT2D eigenvalue weighted by molar-refractivity contribution is -0.385. The highest BCUT2D eigenvalue weighted by Gasteiger charge is 2.20. The molecule has 1 amide bonds. The Bertz CT molecular complexity index is 471. The molecule has 0 spiro atoms. The fourth-order valence-electron chi connectivity index (χ4n) is 2.35. The molecule has 1 fully saturated rings. The minimum Gasteiger partial charge on any atom is -0.342 e. The second-order valence-electron chi connectivity index (χ2n) is 5.06. The lowest BCUT2D eigenvalue weighted by atomic mass is 10.00. The molecule has 2 heterocycles. The zero-order valence-electron chi connectivity index (χ0n) is 11.0. The molecule has 0 bridgehead atoms. The van der Waals surface area contributed by atoms with Gasteiger partial charge in [-0.25, -0.2) is 0 Å². The molecular formula is C12H18N4O3. The van der Waals surface area contributed by atoms with Gasteiger partial charge < -0.3 is 4.90 Å². The number of amides is 1. The van der Waals surface area contributed by atoms with Gasteiger partial charge in [-0.3, -0.25) is 19.6 Å². The third kappa shape index (κ3) is 3.52. The lowest BCUT2D eigenvalue weighted by Gasteiger charge is -2.31. The first-order valence-electron chi connectivity index (χ1n) is 6.51. The second-order valence-corrected chi connectivity index (χ2v) is 5.06. The molecule has 7 nitrogen and oxygen atoms in total. The Morgan fingerprint density at radius 3 is 3.05 bits per heavy atom. The van der Waals surface area contributed by atoms with Gasteiger partial charge in [0, 0.05) is 26.1 Å². The van der Waals surface area contributed by atoms with Crippen LogP contribution in [-0.4, -0.2) is 38.6 Å². The molecule has 19 heavy (non-hydrogen) atoms. The highest BCUT2D eigenvalue weighted by Crippen LogP contribution is 2.16. The van der Waals surface area contributed by atoms with Crippen molar-refractivity contribution in [3.63, 3.8) is 0 Å². The summed E-state index contributed by atoms with van der Waals surface area (Å²) in [4.78, 5) is 23.9. The van der Waals surface area contributed by atoms with Crippen molar-refractivity contribution < 1.29 is 9.72 Å². The molecule has 7 heteroatoms. The summed E-state index contributed by atoms with van der Waals surface area (Å²) in [6.07, 6.45) is 5.13. The van der Waals surface area contributed by atoms with Gasteiger partial charge >= 0.3 is 5.69 Å². The van der Waals surface area contributed by atoms with Gasteiger partial charge in [0.1, 0.15) is 12.4 Å². The van der Waals surface area contributed by atoms with Gasteiger partial charge in [0.05, 0.1) is 4.92 Å². The molecule has 1 aromatic heterocycles. The fourth-order valence-corrected chi connectivity index (χ4v) is 2.35. The zero-order valence-corrected chi connectivity index (χ0v) is 11.0. The van der Waals surface area contributed by atoms with Crippen molar-refractivity contribution in [1.29, 1.82) is 0 Å². The Hall–Kier alpha value is -1.92. The number of nitro groups is 1. The average Bonchev–Trinajstić information content (AvgIpc) is 2.85. The first-order valence-corrected chi connectivity index (χ1v) is 6.51. The second kappa shape index (κ2) is 5.81. The largest absolute Gasteiger partial charge is 0.342 e. The topological polar surface area (TPSA) is 81.3 Å². The maximum Gasteiger partial charge on any atom is 0.306 e. The van der Waals surface area contributed by atoms with E-state index < -0.39 is 4.92 Å². The first kappa shape index (κ1) is 13.5. The predicted octanol–water partition coefficient (Wildman–Crippen LogP) is 1.44. The van der Waals surface area contributed by atoms with Gasteiger partial charge in [0.25, 0.3) is 0 Å². The highest BCUT2D eigenvalue weighted by molar-refractivity contribution is 5.76. The van der Waals surface area contributed by atoms with Crippen molar-refractivity contribution >= 4 is 11.6 Å². The molecule has 1 aliphatic heterocycles. The first-order chi connectivity index (χ1) is 9.06. The van der Waals surface area contributed by atoms with Crippen LogP contribution in [0.2, 0.25) is 0 Å². The van der Waals surface area contributed by atoms with Crippen molar-refractivity contribution in [2.75, 3.05) is 13.1 Å². The van der Waals surface area contributed by atoms with E-state index in [1.165, 1.54) is 23.5 Å². The van der Waals surface area contributed by atoms with Crippen molar-refractivity contribution in [2.24, 2.45) is 5.92 Å². The number of nitrogens with zero attached hydrogens (tertiary/aromatic N) is 4. The number of aryl methyl sites for hydroxylation is 1. The van der Waals surface area contributed by atoms with Crippen molar-refractivity contribution in [2.45, 2.75) is 32.7 Å². The standard InChI is InChI=1S/C12H18N4O3/c1-10-3-2-5-14(8-10)12(17)4-6-15-9-11(7-13-15)16(18)19/h7,9-10H,2-6,8H2,1H3. The smallest absolute Gasteiger partial charge is 0.306 e.